The quantitative estimate of drug-likeness (QED) is 0.760. The molecule has 1 aliphatic heterocycles. The molecule has 1 saturated heterocycles. The Labute approximate surface area is 136 Å². The highest BCUT2D eigenvalue weighted by molar-refractivity contribution is 7.07. The summed E-state index contributed by atoms with van der Waals surface area (Å²) in [6.45, 7) is 4.28. The average molecular weight is 329 g/mol. The predicted molar refractivity (Wildman–Crippen MR) is 85.7 cm³/mol. The van der Waals surface area contributed by atoms with Crippen molar-refractivity contribution in [3.05, 3.63) is 34.5 Å². The van der Waals surface area contributed by atoms with Crippen molar-refractivity contribution in [1.82, 2.24) is 30.1 Å². The minimum Gasteiger partial charge on any atom is -0.354 e. The molecule has 118 valence electrons. The second-order valence-corrected chi connectivity index (χ2v) is 6.28. The summed E-state index contributed by atoms with van der Waals surface area (Å²) in [5, 5.41) is 17.3. The van der Waals surface area contributed by atoms with Crippen molar-refractivity contribution in [2.45, 2.75) is 6.92 Å². The minimum atomic E-state index is -0.107. The first-order valence-electron chi connectivity index (χ1n) is 7.31. The van der Waals surface area contributed by atoms with Crippen LogP contribution in [0.2, 0.25) is 0 Å². The number of nitrogens with one attached hydrogen (secondary N) is 1. The predicted octanol–water partition coefficient (Wildman–Crippen LogP) is 0.755. The van der Waals surface area contributed by atoms with E-state index in [4.69, 9.17) is 0 Å². The lowest BCUT2D eigenvalue weighted by molar-refractivity contribution is 0.0940. The molecule has 3 aromatic heterocycles. The Hall–Kier alpha value is -2.55. The Morgan fingerprint density at radius 2 is 2.26 bits per heavy atom. The van der Waals surface area contributed by atoms with Gasteiger partial charge in [0, 0.05) is 30.9 Å². The van der Waals surface area contributed by atoms with Gasteiger partial charge in [-0.3, -0.25) is 4.79 Å². The van der Waals surface area contributed by atoms with Crippen LogP contribution in [0, 0.1) is 12.8 Å². The number of anilines is 1. The van der Waals surface area contributed by atoms with E-state index in [1.807, 2.05) is 19.1 Å². The second-order valence-electron chi connectivity index (χ2n) is 5.56. The third kappa shape index (κ3) is 2.63. The topological polar surface area (TPSA) is 88.3 Å². The molecule has 1 aliphatic rings. The van der Waals surface area contributed by atoms with Gasteiger partial charge in [0.15, 0.2) is 11.5 Å². The standard InChI is InChI=1S/C14H15N7OS/c1-9-17-18-12-2-3-13(19-21(9)12)20-5-10(6-20)4-15-14(22)11-7-23-8-16-11/h2-3,7-8,10H,4-6H2,1H3,(H,15,22). The molecule has 0 saturated carbocycles. The van der Waals surface area contributed by atoms with Gasteiger partial charge >= 0.3 is 0 Å². The summed E-state index contributed by atoms with van der Waals surface area (Å²) in [4.78, 5) is 18.0. The summed E-state index contributed by atoms with van der Waals surface area (Å²) in [7, 11) is 0. The molecule has 4 heterocycles. The molecule has 1 amide bonds. The summed E-state index contributed by atoms with van der Waals surface area (Å²) in [6.07, 6.45) is 0. The SMILES string of the molecule is Cc1nnc2ccc(N3CC(CNC(=O)c4cscn4)C3)nn12. The van der Waals surface area contributed by atoms with E-state index >= 15 is 0 Å². The molecule has 8 nitrogen and oxygen atoms in total. The van der Waals surface area contributed by atoms with Crippen molar-refractivity contribution in [2.75, 3.05) is 24.5 Å². The van der Waals surface area contributed by atoms with Crippen molar-refractivity contribution in [3.63, 3.8) is 0 Å². The monoisotopic (exact) mass is 329 g/mol. The lowest BCUT2D eigenvalue weighted by Crippen LogP contribution is -2.52. The summed E-state index contributed by atoms with van der Waals surface area (Å²) in [5.41, 5.74) is 2.90. The van der Waals surface area contributed by atoms with E-state index < -0.39 is 0 Å². The smallest absolute Gasteiger partial charge is 0.270 e. The van der Waals surface area contributed by atoms with Crippen LogP contribution >= 0.6 is 11.3 Å². The summed E-state index contributed by atoms with van der Waals surface area (Å²) in [5.74, 6) is 2.00. The van der Waals surface area contributed by atoms with Gasteiger partial charge in [0.1, 0.15) is 11.5 Å². The molecule has 0 atom stereocenters. The number of aromatic nitrogens is 5. The maximum absolute atomic E-state index is 11.8. The van der Waals surface area contributed by atoms with Crippen molar-refractivity contribution >= 4 is 28.7 Å². The molecule has 0 spiro atoms. The highest BCUT2D eigenvalue weighted by Gasteiger charge is 2.28. The Kier molecular flexibility index (Phi) is 3.41. The fraction of sp³-hybridized carbons (Fsp3) is 0.357. The van der Waals surface area contributed by atoms with Crippen LogP contribution in [0.4, 0.5) is 5.82 Å². The molecule has 0 unspecified atom stereocenters. The minimum absolute atomic E-state index is 0.107. The third-order valence-corrected chi connectivity index (χ3v) is 4.49. The van der Waals surface area contributed by atoms with Crippen LogP contribution in [0.25, 0.3) is 5.65 Å². The van der Waals surface area contributed by atoms with Crippen LogP contribution in [0.5, 0.6) is 0 Å². The second kappa shape index (κ2) is 5.58. The molecule has 0 aliphatic carbocycles. The molecule has 3 aromatic rings. The highest BCUT2D eigenvalue weighted by atomic mass is 32.1. The first-order chi connectivity index (χ1) is 11.2. The Morgan fingerprint density at radius 1 is 1.39 bits per heavy atom. The van der Waals surface area contributed by atoms with Crippen LogP contribution in [0.1, 0.15) is 16.3 Å². The van der Waals surface area contributed by atoms with Crippen LogP contribution in [-0.4, -0.2) is 50.3 Å². The molecule has 9 heteroatoms. The number of aryl methyl sites for hydroxylation is 1. The van der Waals surface area contributed by atoms with Gasteiger partial charge in [-0.15, -0.1) is 26.6 Å². The Balaban J connectivity index is 1.33. The molecule has 23 heavy (non-hydrogen) atoms. The highest BCUT2D eigenvalue weighted by Crippen LogP contribution is 2.22. The number of carbonyl (C=O) groups excluding carboxylic acids is 1. The number of nitrogens with zero attached hydrogens (tertiary/aromatic N) is 6. The molecule has 4 rings (SSSR count). The molecule has 0 aromatic carbocycles. The van der Waals surface area contributed by atoms with Crippen LogP contribution in [0.3, 0.4) is 0 Å². The maximum Gasteiger partial charge on any atom is 0.270 e. The van der Waals surface area contributed by atoms with E-state index in [2.05, 4.69) is 30.5 Å². The van der Waals surface area contributed by atoms with Crippen LogP contribution in [-0.2, 0) is 0 Å². The molecular weight excluding hydrogens is 314 g/mol. The number of amides is 1. The average Bonchev–Trinajstić information content (AvgIpc) is 3.16. The first-order valence-corrected chi connectivity index (χ1v) is 8.25. The fourth-order valence-electron chi connectivity index (χ4n) is 2.59. The van der Waals surface area contributed by atoms with E-state index in [0.29, 0.717) is 18.2 Å². The van der Waals surface area contributed by atoms with Gasteiger partial charge in [-0.25, -0.2) is 4.98 Å². The summed E-state index contributed by atoms with van der Waals surface area (Å²) < 4.78 is 1.74. The van der Waals surface area contributed by atoms with Gasteiger partial charge in [0.2, 0.25) is 0 Å². The van der Waals surface area contributed by atoms with Crippen LogP contribution in [0.15, 0.2) is 23.0 Å². The number of thiazole rings is 1. The van der Waals surface area contributed by atoms with Gasteiger partial charge < -0.3 is 10.2 Å². The number of fused-ring (bicyclic) bond motifs is 1. The first kappa shape index (κ1) is 14.1. The number of hydrogen-bond donors (Lipinski definition) is 1. The van der Waals surface area contributed by atoms with Gasteiger partial charge in [-0.2, -0.15) is 4.52 Å². The Bertz CT molecular complexity index is 838. The zero-order valence-electron chi connectivity index (χ0n) is 12.5. The van der Waals surface area contributed by atoms with Gasteiger partial charge in [-0.05, 0) is 19.1 Å². The lowest BCUT2D eigenvalue weighted by Gasteiger charge is -2.40. The lowest BCUT2D eigenvalue weighted by atomic mass is 10.0. The normalized spacial score (nSPS) is 14.9. The largest absolute Gasteiger partial charge is 0.354 e. The maximum atomic E-state index is 11.8. The number of hydrogen-bond acceptors (Lipinski definition) is 7. The summed E-state index contributed by atoms with van der Waals surface area (Å²) >= 11 is 1.42. The van der Waals surface area contributed by atoms with E-state index in [-0.39, 0.29) is 5.91 Å². The molecule has 1 N–H and O–H groups in total. The van der Waals surface area contributed by atoms with Crippen molar-refractivity contribution in [2.24, 2.45) is 5.92 Å². The molecule has 1 fully saturated rings. The third-order valence-electron chi connectivity index (χ3n) is 3.90. The zero-order chi connectivity index (χ0) is 15.8. The van der Waals surface area contributed by atoms with Crippen molar-refractivity contribution in [1.29, 1.82) is 0 Å². The molecule has 0 radical (unpaired) electrons. The van der Waals surface area contributed by atoms with E-state index in [1.165, 1.54) is 11.3 Å². The van der Waals surface area contributed by atoms with E-state index in [0.717, 1.165) is 30.4 Å². The van der Waals surface area contributed by atoms with E-state index in [9.17, 15) is 4.79 Å². The van der Waals surface area contributed by atoms with Crippen LogP contribution < -0.4 is 10.2 Å². The zero-order valence-corrected chi connectivity index (χ0v) is 13.3. The molecular formula is C14H15N7OS. The molecule has 0 bridgehead atoms. The fourth-order valence-corrected chi connectivity index (χ4v) is 3.13. The summed E-state index contributed by atoms with van der Waals surface area (Å²) in [6, 6.07) is 3.87. The van der Waals surface area contributed by atoms with E-state index in [1.54, 1.807) is 15.4 Å². The Morgan fingerprint density at radius 3 is 3.04 bits per heavy atom. The van der Waals surface area contributed by atoms with Gasteiger partial charge in [0.25, 0.3) is 5.91 Å². The van der Waals surface area contributed by atoms with Crippen molar-refractivity contribution < 1.29 is 4.79 Å². The van der Waals surface area contributed by atoms with Gasteiger partial charge in [0.05, 0.1) is 5.51 Å². The van der Waals surface area contributed by atoms with Gasteiger partial charge in [-0.1, -0.05) is 0 Å². The number of carbonyl (C=O) groups is 1. The number of rotatable bonds is 4. The van der Waals surface area contributed by atoms with Crippen molar-refractivity contribution in [3.8, 4) is 0 Å².